The topological polar surface area (TPSA) is 54.4 Å². The minimum atomic E-state index is -0.981. The molecular weight excluding hydrogens is 276 g/mol. The van der Waals surface area contributed by atoms with Crippen molar-refractivity contribution in [2.75, 3.05) is 0 Å². The van der Waals surface area contributed by atoms with E-state index in [1.165, 1.54) is 6.07 Å². The number of aliphatic carboxylic acids is 1. The number of hydrogen-bond donors (Lipinski definition) is 1. The molecule has 0 aliphatic heterocycles. The molecule has 20 heavy (non-hydrogen) atoms. The van der Waals surface area contributed by atoms with E-state index in [9.17, 15) is 9.59 Å². The Bertz CT molecular complexity index is 677. The third kappa shape index (κ3) is 3.25. The zero-order valence-electron chi connectivity index (χ0n) is 10.9. The lowest BCUT2D eigenvalue weighted by molar-refractivity contribution is -0.136. The minimum absolute atomic E-state index is 0.204. The van der Waals surface area contributed by atoms with Gasteiger partial charge in [0.15, 0.2) is 5.78 Å². The van der Waals surface area contributed by atoms with Crippen LogP contribution in [0.15, 0.2) is 42.5 Å². The second-order valence-electron chi connectivity index (χ2n) is 4.57. The van der Waals surface area contributed by atoms with Gasteiger partial charge in [0.05, 0.1) is 6.42 Å². The maximum atomic E-state index is 12.5. The van der Waals surface area contributed by atoms with E-state index >= 15 is 0 Å². The maximum Gasteiger partial charge on any atom is 0.307 e. The summed E-state index contributed by atoms with van der Waals surface area (Å²) in [5.74, 6) is -1.20. The first-order valence-corrected chi connectivity index (χ1v) is 6.47. The Morgan fingerprint density at radius 1 is 1.15 bits per heavy atom. The van der Waals surface area contributed by atoms with Gasteiger partial charge in [-0.1, -0.05) is 41.4 Å². The van der Waals surface area contributed by atoms with Crippen LogP contribution in [-0.4, -0.2) is 16.9 Å². The predicted octanol–water partition coefficient (Wildman–Crippen LogP) is 3.51. The molecule has 4 heteroatoms. The molecule has 0 aromatic heterocycles. The first-order valence-electron chi connectivity index (χ1n) is 6.09. The van der Waals surface area contributed by atoms with Crippen LogP contribution >= 0.6 is 11.6 Å². The Kier molecular flexibility index (Phi) is 4.20. The molecule has 0 saturated heterocycles. The Morgan fingerprint density at radius 2 is 1.90 bits per heavy atom. The van der Waals surface area contributed by atoms with Crippen LogP contribution in [0.2, 0.25) is 5.02 Å². The zero-order valence-corrected chi connectivity index (χ0v) is 11.6. The van der Waals surface area contributed by atoms with Crippen molar-refractivity contribution in [1.29, 1.82) is 0 Å². The summed E-state index contributed by atoms with van der Waals surface area (Å²) in [5.41, 5.74) is 2.30. The number of benzene rings is 2. The van der Waals surface area contributed by atoms with E-state index in [0.29, 0.717) is 21.7 Å². The fourth-order valence-electron chi connectivity index (χ4n) is 2.02. The molecule has 2 aromatic rings. The Labute approximate surface area is 121 Å². The molecule has 0 atom stereocenters. The van der Waals surface area contributed by atoms with Crippen LogP contribution in [0.5, 0.6) is 0 Å². The van der Waals surface area contributed by atoms with Crippen LogP contribution in [0, 0.1) is 6.92 Å². The van der Waals surface area contributed by atoms with Crippen LogP contribution in [0.3, 0.4) is 0 Å². The van der Waals surface area contributed by atoms with E-state index in [-0.39, 0.29) is 12.2 Å². The lowest BCUT2D eigenvalue weighted by Crippen LogP contribution is -2.09. The van der Waals surface area contributed by atoms with Crippen LogP contribution in [0.25, 0.3) is 0 Å². The summed E-state index contributed by atoms with van der Waals surface area (Å²) in [6, 6.07) is 11.9. The molecule has 0 spiro atoms. The quantitative estimate of drug-likeness (QED) is 0.876. The van der Waals surface area contributed by atoms with Gasteiger partial charge in [0.2, 0.25) is 0 Å². The summed E-state index contributed by atoms with van der Waals surface area (Å²) in [4.78, 5) is 23.4. The fraction of sp³-hybridized carbons (Fsp3) is 0.125. The van der Waals surface area contributed by atoms with Gasteiger partial charge in [0.25, 0.3) is 0 Å². The van der Waals surface area contributed by atoms with Gasteiger partial charge in [-0.3, -0.25) is 9.59 Å². The standard InChI is InChI=1S/C16H13ClO3/c1-10-3-2-4-12(7-10)16(20)14-9-13(17)6-5-11(14)8-15(18)19/h2-7,9H,8H2,1H3,(H,18,19). The van der Waals surface area contributed by atoms with Gasteiger partial charge in [-0.05, 0) is 30.7 Å². The summed E-state index contributed by atoms with van der Waals surface area (Å²) < 4.78 is 0. The Balaban J connectivity index is 2.47. The zero-order chi connectivity index (χ0) is 14.7. The van der Waals surface area contributed by atoms with Crippen LogP contribution in [0.4, 0.5) is 0 Å². The summed E-state index contributed by atoms with van der Waals surface area (Å²) in [6.45, 7) is 1.90. The van der Waals surface area contributed by atoms with Gasteiger partial charge >= 0.3 is 5.97 Å². The van der Waals surface area contributed by atoms with E-state index < -0.39 is 5.97 Å². The second-order valence-corrected chi connectivity index (χ2v) is 5.01. The van der Waals surface area contributed by atoms with Gasteiger partial charge in [-0.15, -0.1) is 0 Å². The highest BCUT2D eigenvalue weighted by Crippen LogP contribution is 2.20. The van der Waals surface area contributed by atoms with Crippen molar-refractivity contribution < 1.29 is 14.7 Å². The smallest absolute Gasteiger partial charge is 0.307 e. The van der Waals surface area contributed by atoms with Gasteiger partial charge in [0, 0.05) is 16.1 Å². The molecule has 0 saturated carbocycles. The molecule has 2 rings (SSSR count). The number of ketones is 1. The number of halogens is 1. The van der Waals surface area contributed by atoms with Crippen molar-refractivity contribution in [1.82, 2.24) is 0 Å². The molecule has 0 unspecified atom stereocenters. The van der Waals surface area contributed by atoms with E-state index in [0.717, 1.165) is 5.56 Å². The molecule has 3 nitrogen and oxygen atoms in total. The number of carboxylic acid groups (broad SMARTS) is 1. The van der Waals surface area contributed by atoms with E-state index in [1.807, 2.05) is 13.0 Å². The average molecular weight is 289 g/mol. The van der Waals surface area contributed by atoms with E-state index in [2.05, 4.69) is 0 Å². The molecule has 0 aliphatic carbocycles. The van der Waals surface area contributed by atoms with Crippen LogP contribution in [0.1, 0.15) is 27.0 Å². The molecule has 0 fully saturated rings. The highest BCUT2D eigenvalue weighted by molar-refractivity contribution is 6.31. The van der Waals surface area contributed by atoms with Gasteiger partial charge in [-0.25, -0.2) is 0 Å². The van der Waals surface area contributed by atoms with E-state index in [4.69, 9.17) is 16.7 Å². The summed E-state index contributed by atoms with van der Waals surface area (Å²) in [5, 5.41) is 9.33. The molecule has 0 bridgehead atoms. The third-order valence-corrected chi connectivity index (χ3v) is 3.17. The minimum Gasteiger partial charge on any atom is -0.481 e. The predicted molar refractivity (Wildman–Crippen MR) is 77.4 cm³/mol. The van der Waals surface area contributed by atoms with E-state index in [1.54, 1.807) is 30.3 Å². The maximum absolute atomic E-state index is 12.5. The molecule has 2 aromatic carbocycles. The van der Waals surface area contributed by atoms with Crippen molar-refractivity contribution >= 4 is 23.4 Å². The Hall–Kier alpha value is -2.13. The van der Waals surface area contributed by atoms with Crippen molar-refractivity contribution in [3.63, 3.8) is 0 Å². The normalized spacial score (nSPS) is 10.3. The number of carboxylic acids is 1. The highest BCUT2D eigenvalue weighted by atomic mass is 35.5. The van der Waals surface area contributed by atoms with Gasteiger partial charge < -0.3 is 5.11 Å². The first kappa shape index (κ1) is 14.3. The lowest BCUT2D eigenvalue weighted by atomic mass is 9.96. The molecule has 102 valence electrons. The second kappa shape index (κ2) is 5.88. The molecule has 0 amide bonds. The summed E-state index contributed by atoms with van der Waals surface area (Å²) in [7, 11) is 0. The largest absolute Gasteiger partial charge is 0.481 e. The van der Waals surface area contributed by atoms with Crippen molar-refractivity contribution in [3.8, 4) is 0 Å². The average Bonchev–Trinajstić information content (AvgIpc) is 2.39. The molecule has 0 heterocycles. The van der Waals surface area contributed by atoms with Gasteiger partial charge in [0.1, 0.15) is 0 Å². The number of carbonyl (C=O) groups is 2. The Morgan fingerprint density at radius 3 is 2.55 bits per heavy atom. The third-order valence-electron chi connectivity index (χ3n) is 2.94. The first-order chi connectivity index (χ1) is 9.47. The number of hydrogen-bond acceptors (Lipinski definition) is 2. The van der Waals surface area contributed by atoms with Crippen LogP contribution in [-0.2, 0) is 11.2 Å². The van der Waals surface area contributed by atoms with Crippen molar-refractivity contribution in [3.05, 3.63) is 69.7 Å². The summed E-state index contributed by atoms with van der Waals surface area (Å²) in [6.07, 6.45) is -0.204. The molecular formula is C16H13ClO3. The van der Waals surface area contributed by atoms with Gasteiger partial charge in [-0.2, -0.15) is 0 Å². The molecule has 1 N–H and O–H groups in total. The monoisotopic (exact) mass is 288 g/mol. The fourth-order valence-corrected chi connectivity index (χ4v) is 2.19. The number of carbonyl (C=O) groups excluding carboxylic acids is 1. The van der Waals surface area contributed by atoms with Crippen LogP contribution < -0.4 is 0 Å². The SMILES string of the molecule is Cc1cccc(C(=O)c2cc(Cl)ccc2CC(=O)O)c1. The number of rotatable bonds is 4. The summed E-state index contributed by atoms with van der Waals surface area (Å²) >= 11 is 5.92. The van der Waals surface area contributed by atoms with Crippen molar-refractivity contribution in [2.24, 2.45) is 0 Å². The molecule has 0 radical (unpaired) electrons. The number of aryl methyl sites for hydroxylation is 1. The molecule has 0 aliphatic rings. The highest BCUT2D eigenvalue weighted by Gasteiger charge is 2.16. The lowest BCUT2D eigenvalue weighted by Gasteiger charge is -2.08. The van der Waals surface area contributed by atoms with Crippen molar-refractivity contribution in [2.45, 2.75) is 13.3 Å².